The van der Waals surface area contributed by atoms with Crippen molar-refractivity contribution in [3.63, 3.8) is 0 Å². The van der Waals surface area contributed by atoms with Crippen LogP contribution < -0.4 is 10.2 Å². The number of benzene rings is 1. The van der Waals surface area contributed by atoms with Crippen LogP contribution in [0.15, 0.2) is 30.3 Å². The highest BCUT2D eigenvalue weighted by molar-refractivity contribution is 6.22. The zero-order valence-electron chi connectivity index (χ0n) is 17.0. The Bertz CT molecular complexity index is 767. The number of carbonyl (C=O) groups excluding carboxylic acids is 3. The van der Waals surface area contributed by atoms with Crippen LogP contribution in [0.25, 0.3) is 0 Å². The summed E-state index contributed by atoms with van der Waals surface area (Å²) < 4.78 is 0. The average Bonchev–Trinajstić information content (AvgIpc) is 3.01. The van der Waals surface area contributed by atoms with E-state index < -0.39 is 12.1 Å². The first-order valence-electron chi connectivity index (χ1n) is 10.7. The van der Waals surface area contributed by atoms with Crippen LogP contribution in [-0.4, -0.2) is 66.4 Å². The van der Waals surface area contributed by atoms with Gasteiger partial charge in [0.2, 0.25) is 5.91 Å². The zero-order chi connectivity index (χ0) is 20.4. The summed E-state index contributed by atoms with van der Waals surface area (Å²) in [4.78, 5) is 43.3. The van der Waals surface area contributed by atoms with E-state index in [1.165, 1.54) is 38.8 Å². The molecule has 3 heterocycles. The Morgan fingerprint density at radius 3 is 2.66 bits per heavy atom. The van der Waals surface area contributed by atoms with Gasteiger partial charge >= 0.3 is 6.03 Å². The van der Waals surface area contributed by atoms with E-state index in [2.05, 4.69) is 10.2 Å². The van der Waals surface area contributed by atoms with Crippen molar-refractivity contribution in [2.24, 2.45) is 5.92 Å². The fraction of sp³-hybridized carbons (Fsp3) is 0.591. The van der Waals surface area contributed by atoms with Crippen molar-refractivity contribution >= 4 is 23.5 Å². The molecule has 0 aromatic heterocycles. The Kier molecular flexibility index (Phi) is 5.85. The SMILES string of the molecule is CN(C[C@@H]1CCCN2CCCC[C@H]12)C(=O)C[C@@H]1NC(=O)N(c2ccccc2)C1=O. The quantitative estimate of drug-likeness (QED) is 0.772. The van der Waals surface area contributed by atoms with Gasteiger partial charge in [0, 0.05) is 19.6 Å². The van der Waals surface area contributed by atoms with E-state index in [9.17, 15) is 14.4 Å². The van der Waals surface area contributed by atoms with Crippen molar-refractivity contribution in [1.82, 2.24) is 15.1 Å². The number of urea groups is 1. The fourth-order valence-corrected chi connectivity index (χ4v) is 5.07. The molecule has 0 radical (unpaired) electrons. The number of nitrogens with one attached hydrogen (secondary N) is 1. The van der Waals surface area contributed by atoms with Crippen LogP contribution in [0.4, 0.5) is 10.5 Å². The lowest BCUT2D eigenvalue weighted by molar-refractivity contribution is -0.133. The lowest BCUT2D eigenvalue weighted by Crippen LogP contribution is -2.51. The molecule has 4 rings (SSSR count). The molecule has 0 spiro atoms. The predicted octanol–water partition coefficient (Wildman–Crippen LogP) is 2.22. The molecular weight excluding hydrogens is 368 g/mol. The van der Waals surface area contributed by atoms with Gasteiger partial charge in [-0.15, -0.1) is 0 Å². The Labute approximate surface area is 172 Å². The number of hydrogen-bond acceptors (Lipinski definition) is 4. The highest BCUT2D eigenvalue weighted by atomic mass is 16.2. The van der Waals surface area contributed by atoms with Crippen molar-refractivity contribution in [1.29, 1.82) is 0 Å². The Hall–Kier alpha value is -2.41. The van der Waals surface area contributed by atoms with Crippen molar-refractivity contribution in [3.8, 4) is 0 Å². The standard InChI is InChI=1S/C22H30N4O3/c1-24(15-16-8-7-13-25-12-6-5-11-19(16)25)20(27)14-18-21(28)26(22(29)23-18)17-9-3-2-4-10-17/h2-4,9-10,16,18-19H,5-8,11-15H2,1H3,(H,23,29)/t16-,18-,19+/m0/s1. The molecule has 0 aliphatic carbocycles. The average molecular weight is 399 g/mol. The second-order valence-electron chi connectivity index (χ2n) is 8.49. The monoisotopic (exact) mass is 398 g/mol. The molecular formula is C22H30N4O3. The van der Waals surface area contributed by atoms with Crippen molar-refractivity contribution in [2.75, 3.05) is 31.6 Å². The Morgan fingerprint density at radius 1 is 1.10 bits per heavy atom. The normalized spacial score (nSPS) is 27.5. The van der Waals surface area contributed by atoms with Gasteiger partial charge in [0.15, 0.2) is 0 Å². The van der Waals surface area contributed by atoms with E-state index in [1.807, 2.05) is 13.1 Å². The number of hydrogen-bond donors (Lipinski definition) is 1. The zero-order valence-corrected chi connectivity index (χ0v) is 17.0. The molecule has 7 heteroatoms. The minimum absolute atomic E-state index is 0.00546. The topological polar surface area (TPSA) is 73.0 Å². The van der Waals surface area contributed by atoms with Gasteiger partial charge in [0.25, 0.3) is 5.91 Å². The third kappa shape index (κ3) is 4.15. The molecule has 1 N–H and O–H groups in total. The number of carbonyl (C=O) groups is 3. The first-order chi connectivity index (χ1) is 14.0. The van der Waals surface area contributed by atoms with Gasteiger partial charge in [0.1, 0.15) is 6.04 Å². The van der Waals surface area contributed by atoms with Gasteiger partial charge in [-0.3, -0.25) is 9.59 Å². The van der Waals surface area contributed by atoms with E-state index in [0.29, 0.717) is 17.6 Å². The van der Waals surface area contributed by atoms with Crippen molar-refractivity contribution < 1.29 is 14.4 Å². The first kappa shape index (κ1) is 19.9. The summed E-state index contributed by atoms with van der Waals surface area (Å²) in [5.74, 6) is 0.0401. The molecule has 3 fully saturated rings. The highest BCUT2D eigenvalue weighted by Crippen LogP contribution is 2.31. The number of para-hydroxylation sites is 1. The third-order valence-electron chi connectivity index (χ3n) is 6.58. The van der Waals surface area contributed by atoms with Gasteiger partial charge in [-0.05, 0) is 56.8 Å². The summed E-state index contributed by atoms with van der Waals surface area (Å²) >= 11 is 0. The Morgan fingerprint density at radius 2 is 1.86 bits per heavy atom. The molecule has 3 atom stereocenters. The number of rotatable bonds is 5. The lowest BCUT2D eigenvalue weighted by atomic mass is 9.83. The predicted molar refractivity (Wildman–Crippen MR) is 110 cm³/mol. The van der Waals surface area contributed by atoms with Crippen LogP contribution in [0.1, 0.15) is 38.5 Å². The summed E-state index contributed by atoms with van der Waals surface area (Å²) in [5, 5.41) is 2.67. The number of imide groups is 1. The molecule has 1 aromatic carbocycles. The van der Waals surface area contributed by atoms with Crippen LogP contribution in [0.2, 0.25) is 0 Å². The minimum atomic E-state index is -0.796. The molecule has 3 saturated heterocycles. The van der Waals surface area contributed by atoms with Crippen LogP contribution in [0.5, 0.6) is 0 Å². The highest BCUT2D eigenvalue weighted by Gasteiger charge is 2.41. The number of nitrogens with zero attached hydrogens (tertiary/aromatic N) is 3. The molecule has 4 amide bonds. The van der Waals surface area contributed by atoms with Gasteiger partial charge in [-0.25, -0.2) is 9.69 Å². The second-order valence-corrected chi connectivity index (χ2v) is 8.49. The molecule has 156 valence electrons. The van der Waals surface area contributed by atoms with Crippen molar-refractivity contribution in [3.05, 3.63) is 30.3 Å². The molecule has 7 nitrogen and oxygen atoms in total. The van der Waals surface area contributed by atoms with E-state index >= 15 is 0 Å². The van der Waals surface area contributed by atoms with E-state index in [0.717, 1.165) is 17.9 Å². The van der Waals surface area contributed by atoms with Crippen molar-refractivity contribution in [2.45, 2.75) is 50.6 Å². The summed E-state index contributed by atoms with van der Waals surface area (Å²) in [6.07, 6.45) is 6.11. The van der Waals surface area contributed by atoms with Crippen LogP contribution in [-0.2, 0) is 9.59 Å². The van der Waals surface area contributed by atoms with Crippen LogP contribution >= 0.6 is 0 Å². The van der Waals surface area contributed by atoms with Crippen LogP contribution in [0, 0.1) is 5.92 Å². The summed E-state index contributed by atoms with van der Waals surface area (Å²) in [6.45, 7) is 3.07. The summed E-state index contributed by atoms with van der Waals surface area (Å²) in [7, 11) is 1.82. The van der Waals surface area contributed by atoms with E-state index in [-0.39, 0.29) is 18.2 Å². The molecule has 3 aliphatic rings. The number of piperidine rings is 2. The maximum absolute atomic E-state index is 12.8. The van der Waals surface area contributed by atoms with Crippen LogP contribution in [0.3, 0.4) is 0 Å². The molecule has 29 heavy (non-hydrogen) atoms. The van der Waals surface area contributed by atoms with Gasteiger partial charge in [-0.2, -0.15) is 0 Å². The molecule has 0 saturated carbocycles. The number of fused-ring (bicyclic) bond motifs is 1. The van der Waals surface area contributed by atoms with Gasteiger partial charge < -0.3 is 15.1 Å². The van der Waals surface area contributed by atoms with E-state index in [4.69, 9.17) is 0 Å². The van der Waals surface area contributed by atoms with Gasteiger partial charge in [0.05, 0.1) is 12.1 Å². The first-order valence-corrected chi connectivity index (χ1v) is 10.7. The Balaban J connectivity index is 1.35. The minimum Gasteiger partial charge on any atom is -0.345 e. The largest absolute Gasteiger partial charge is 0.345 e. The fourth-order valence-electron chi connectivity index (χ4n) is 5.07. The molecule has 0 bridgehead atoms. The summed E-state index contributed by atoms with van der Waals surface area (Å²) in [6, 6.07) is 8.13. The maximum atomic E-state index is 12.8. The number of amides is 4. The molecule has 0 unspecified atom stereocenters. The smallest absolute Gasteiger partial charge is 0.329 e. The van der Waals surface area contributed by atoms with E-state index in [1.54, 1.807) is 29.2 Å². The van der Waals surface area contributed by atoms with Gasteiger partial charge in [-0.1, -0.05) is 24.6 Å². The maximum Gasteiger partial charge on any atom is 0.329 e. The summed E-state index contributed by atoms with van der Waals surface area (Å²) in [5.41, 5.74) is 0.526. The molecule has 1 aromatic rings. The lowest BCUT2D eigenvalue weighted by Gasteiger charge is -2.45. The second kappa shape index (κ2) is 8.53. The third-order valence-corrected chi connectivity index (χ3v) is 6.58. The molecule has 3 aliphatic heterocycles. The number of anilines is 1.